The highest BCUT2D eigenvalue weighted by molar-refractivity contribution is 7.91. The smallest absolute Gasteiger partial charge is 0.150 e. The molecule has 7 heteroatoms. The Kier molecular flexibility index (Phi) is 5.61. The van der Waals surface area contributed by atoms with Gasteiger partial charge in [0, 0.05) is 11.8 Å². The summed E-state index contributed by atoms with van der Waals surface area (Å²) in [6, 6.07) is 0.106. The first-order chi connectivity index (χ1) is 8.29. The van der Waals surface area contributed by atoms with Gasteiger partial charge >= 0.3 is 0 Å². The van der Waals surface area contributed by atoms with Crippen molar-refractivity contribution in [1.29, 1.82) is 0 Å². The summed E-state index contributed by atoms with van der Waals surface area (Å²) in [6.45, 7) is 1.65. The van der Waals surface area contributed by atoms with Crippen molar-refractivity contribution in [2.75, 3.05) is 30.1 Å². The quantitative estimate of drug-likeness (QED) is 0.727. The minimum absolute atomic E-state index is 0.106. The van der Waals surface area contributed by atoms with Crippen LogP contribution in [0.25, 0.3) is 0 Å². The van der Waals surface area contributed by atoms with Gasteiger partial charge in [-0.05, 0) is 32.2 Å². The fraction of sp³-hybridized carbons (Fsp3) is 1.00. The van der Waals surface area contributed by atoms with Crippen LogP contribution in [-0.2, 0) is 19.7 Å². The Morgan fingerprint density at radius 1 is 1.39 bits per heavy atom. The first-order valence-electron chi connectivity index (χ1n) is 6.38. The summed E-state index contributed by atoms with van der Waals surface area (Å²) in [5.41, 5.74) is 0. The minimum atomic E-state index is -2.92. The average Bonchev–Trinajstić information content (AvgIpc) is 2.65. The molecular formula is C11H23NO4S2. The Morgan fingerprint density at radius 3 is 2.50 bits per heavy atom. The average molecular weight is 297 g/mol. The highest BCUT2D eigenvalue weighted by Gasteiger charge is 2.32. The van der Waals surface area contributed by atoms with Crippen LogP contribution in [-0.4, -0.2) is 52.9 Å². The van der Waals surface area contributed by atoms with Gasteiger partial charge in [-0.15, -0.1) is 0 Å². The third-order valence-electron chi connectivity index (χ3n) is 3.62. The lowest BCUT2D eigenvalue weighted by molar-refractivity contribution is 0.380. The second-order valence-corrected chi connectivity index (χ2v) is 9.64. The zero-order valence-corrected chi connectivity index (χ0v) is 12.7. The molecule has 1 rings (SSSR count). The molecule has 0 saturated carbocycles. The molecule has 1 fully saturated rings. The number of sulfone groups is 2. The number of rotatable bonds is 7. The van der Waals surface area contributed by atoms with E-state index in [0.29, 0.717) is 12.8 Å². The van der Waals surface area contributed by atoms with Gasteiger partial charge in [0.05, 0.1) is 17.3 Å². The topological polar surface area (TPSA) is 80.3 Å². The molecule has 0 amide bonds. The first-order valence-corrected chi connectivity index (χ1v) is 10.0. The molecule has 0 aromatic carbocycles. The summed E-state index contributed by atoms with van der Waals surface area (Å²) in [4.78, 5) is 0. The summed E-state index contributed by atoms with van der Waals surface area (Å²) in [7, 11) is -3.97. The van der Waals surface area contributed by atoms with Gasteiger partial charge < -0.3 is 5.32 Å². The molecule has 1 aliphatic rings. The molecule has 1 aliphatic heterocycles. The maximum atomic E-state index is 11.4. The second-order valence-electron chi connectivity index (χ2n) is 4.94. The van der Waals surface area contributed by atoms with E-state index < -0.39 is 19.7 Å². The van der Waals surface area contributed by atoms with Gasteiger partial charge in [0.1, 0.15) is 9.84 Å². The van der Waals surface area contributed by atoms with Crippen LogP contribution in [0.5, 0.6) is 0 Å². The lowest BCUT2D eigenvalue weighted by Gasteiger charge is -2.21. The Bertz CT molecular complexity index is 455. The molecule has 0 aromatic rings. The number of hydrogen-bond donors (Lipinski definition) is 1. The van der Waals surface area contributed by atoms with Crippen molar-refractivity contribution in [2.24, 2.45) is 5.92 Å². The molecule has 0 bridgehead atoms. The lowest BCUT2D eigenvalue weighted by Crippen LogP contribution is -2.34. The predicted molar refractivity (Wildman–Crippen MR) is 73.2 cm³/mol. The molecule has 2 atom stereocenters. The normalized spacial score (nSPS) is 25.1. The van der Waals surface area contributed by atoms with Gasteiger partial charge in [-0.3, -0.25) is 0 Å². The molecule has 0 aliphatic carbocycles. The fourth-order valence-electron chi connectivity index (χ4n) is 2.42. The molecule has 1 N–H and O–H groups in total. The second kappa shape index (κ2) is 6.34. The Labute approximate surface area is 110 Å². The molecule has 0 spiro atoms. The van der Waals surface area contributed by atoms with Gasteiger partial charge in [0.15, 0.2) is 9.84 Å². The zero-order chi connectivity index (χ0) is 13.8. The van der Waals surface area contributed by atoms with Crippen molar-refractivity contribution < 1.29 is 16.8 Å². The molecule has 0 radical (unpaired) electrons. The summed E-state index contributed by atoms with van der Waals surface area (Å²) in [5.74, 6) is 1.00. The van der Waals surface area contributed by atoms with E-state index in [1.165, 1.54) is 0 Å². The van der Waals surface area contributed by atoms with Crippen LogP contribution in [0.15, 0.2) is 0 Å². The van der Waals surface area contributed by atoms with E-state index in [1.807, 2.05) is 7.05 Å². The van der Waals surface area contributed by atoms with E-state index in [-0.39, 0.29) is 35.0 Å². The third kappa shape index (κ3) is 4.85. The van der Waals surface area contributed by atoms with E-state index in [1.54, 1.807) is 6.92 Å². The maximum Gasteiger partial charge on any atom is 0.150 e. The highest BCUT2D eigenvalue weighted by Crippen LogP contribution is 2.24. The number of nitrogens with one attached hydrogen (secondary N) is 1. The molecule has 0 aromatic heterocycles. The van der Waals surface area contributed by atoms with Gasteiger partial charge in [-0.25, -0.2) is 16.8 Å². The van der Waals surface area contributed by atoms with Crippen LogP contribution in [0.4, 0.5) is 0 Å². The lowest BCUT2D eigenvalue weighted by atomic mass is 9.95. The first kappa shape index (κ1) is 15.9. The third-order valence-corrected chi connectivity index (χ3v) is 7.20. The zero-order valence-electron chi connectivity index (χ0n) is 11.1. The summed E-state index contributed by atoms with van der Waals surface area (Å²) >= 11 is 0. The van der Waals surface area contributed by atoms with Crippen molar-refractivity contribution in [3.63, 3.8) is 0 Å². The van der Waals surface area contributed by atoms with Crippen molar-refractivity contribution >= 4 is 19.7 Å². The van der Waals surface area contributed by atoms with Gasteiger partial charge in [0.2, 0.25) is 0 Å². The predicted octanol–water partition coefficient (Wildman–Crippen LogP) is 0.224. The highest BCUT2D eigenvalue weighted by atomic mass is 32.2. The van der Waals surface area contributed by atoms with E-state index in [2.05, 4.69) is 5.32 Å². The summed E-state index contributed by atoms with van der Waals surface area (Å²) in [5, 5.41) is 3.13. The van der Waals surface area contributed by atoms with E-state index >= 15 is 0 Å². The fourth-order valence-corrected chi connectivity index (χ4v) is 5.20. The molecule has 2 unspecified atom stereocenters. The molecule has 1 heterocycles. The molecule has 5 nitrogen and oxygen atoms in total. The van der Waals surface area contributed by atoms with Crippen molar-refractivity contribution in [3.05, 3.63) is 0 Å². The van der Waals surface area contributed by atoms with Crippen LogP contribution in [0.3, 0.4) is 0 Å². The van der Waals surface area contributed by atoms with Crippen molar-refractivity contribution in [2.45, 2.75) is 32.2 Å². The largest absolute Gasteiger partial charge is 0.317 e. The maximum absolute atomic E-state index is 11.4. The standard InChI is InChI=1S/C11H23NO4S2/c1-3-17(13,14)7-4-5-11(12-2)10-6-8-18(15,16)9-10/h10-12H,3-9H2,1-2H3. The Balaban J connectivity index is 2.44. The van der Waals surface area contributed by atoms with Crippen LogP contribution in [0.2, 0.25) is 0 Å². The molecule has 108 valence electrons. The minimum Gasteiger partial charge on any atom is -0.317 e. The Morgan fingerprint density at radius 2 is 2.06 bits per heavy atom. The Hall–Kier alpha value is -0.140. The SMILES string of the molecule is CCS(=O)(=O)CCCC(NC)C1CCS(=O)(=O)C1. The van der Waals surface area contributed by atoms with Gasteiger partial charge in [-0.2, -0.15) is 0 Å². The summed E-state index contributed by atoms with van der Waals surface area (Å²) in [6.07, 6.45) is 2.00. The van der Waals surface area contributed by atoms with Crippen LogP contribution < -0.4 is 5.32 Å². The van der Waals surface area contributed by atoms with Gasteiger partial charge in [-0.1, -0.05) is 6.92 Å². The van der Waals surface area contributed by atoms with Crippen LogP contribution in [0.1, 0.15) is 26.2 Å². The van der Waals surface area contributed by atoms with E-state index in [0.717, 1.165) is 6.42 Å². The monoisotopic (exact) mass is 297 g/mol. The van der Waals surface area contributed by atoms with Crippen LogP contribution >= 0.6 is 0 Å². The molecule has 1 saturated heterocycles. The number of hydrogen-bond acceptors (Lipinski definition) is 5. The molecular weight excluding hydrogens is 274 g/mol. The van der Waals surface area contributed by atoms with Crippen molar-refractivity contribution in [3.8, 4) is 0 Å². The van der Waals surface area contributed by atoms with Crippen molar-refractivity contribution in [1.82, 2.24) is 5.32 Å². The van der Waals surface area contributed by atoms with E-state index in [9.17, 15) is 16.8 Å². The van der Waals surface area contributed by atoms with Crippen LogP contribution in [0, 0.1) is 5.92 Å². The summed E-state index contributed by atoms with van der Waals surface area (Å²) < 4.78 is 45.6. The van der Waals surface area contributed by atoms with E-state index in [4.69, 9.17) is 0 Å². The van der Waals surface area contributed by atoms with Gasteiger partial charge in [0.25, 0.3) is 0 Å². The molecule has 18 heavy (non-hydrogen) atoms.